The Balaban J connectivity index is 1.97. The number of nitrogens with two attached hydrogens (primary N) is 1. The quantitative estimate of drug-likeness (QED) is 0.429. The highest BCUT2D eigenvalue weighted by Crippen LogP contribution is 2.22. The molecule has 6 heteroatoms. The first-order valence-corrected chi connectivity index (χ1v) is 7.48. The van der Waals surface area contributed by atoms with Crippen molar-refractivity contribution in [1.82, 2.24) is 15.2 Å². The molecule has 1 aromatic heterocycles. The van der Waals surface area contributed by atoms with Crippen molar-refractivity contribution in [3.63, 3.8) is 0 Å². The number of benzene rings is 2. The summed E-state index contributed by atoms with van der Waals surface area (Å²) < 4.78 is 6.81. The van der Waals surface area contributed by atoms with Crippen LogP contribution in [0.3, 0.4) is 0 Å². The maximum absolute atomic E-state index is 12.1. The highest BCUT2D eigenvalue weighted by molar-refractivity contribution is 5.93. The summed E-state index contributed by atoms with van der Waals surface area (Å²) in [6.07, 6.45) is 0. The molecule has 0 aliphatic carbocycles. The Morgan fingerprint density at radius 3 is 2.50 bits per heavy atom. The highest BCUT2D eigenvalue weighted by Gasteiger charge is 2.15. The first kappa shape index (κ1) is 15.8. The molecule has 0 atom stereocenters. The van der Waals surface area contributed by atoms with Gasteiger partial charge in [0.15, 0.2) is 0 Å². The van der Waals surface area contributed by atoms with Crippen LogP contribution in [0, 0.1) is 0 Å². The molecular weight excluding hydrogens is 304 g/mol. The van der Waals surface area contributed by atoms with Crippen molar-refractivity contribution in [2.24, 2.45) is 5.84 Å². The van der Waals surface area contributed by atoms with Crippen molar-refractivity contribution in [1.29, 1.82) is 0 Å². The lowest BCUT2D eigenvalue weighted by Gasteiger charge is -2.06. The lowest BCUT2D eigenvalue weighted by Crippen LogP contribution is -2.32. The van der Waals surface area contributed by atoms with Crippen molar-refractivity contribution in [3.8, 4) is 17.0 Å². The van der Waals surface area contributed by atoms with Gasteiger partial charge in [-0.3, -0.25) is 14.9 Å². The van der Waals surface area contributed by atoms with E-state index in [1.165, 1.54) is 0 Å². The van der Waals surface area contributed by atoms with Gasteiger partial charge >= 0.3 is 0 Å². The number of nitrogens with zero attached hydrogens (tertiary/aromatic N) is 2. The highest BCUT2D eigenvalue weighted by atomic mass is 16.5. The molecule has 1 amide bonds. The van der Waals surface area contributed by atoms with Gasteiger partial charge in [0.05, 0.1) is 19.3 Å². The second-order valence-electron chi connectivity index (χ2n) is 5.26. The van der Waals surface area contributed by atoms with E-state index in [0.29, 0.717) is 17.9 Å². The Morgan fingerprint density at radius 1 is 1.17 bits per heavy atom. The summed E-state index contributed by atoms with van der Waals surface area (Å²) in [7, 11) is 1.62. The molecule has 2 aromatic carbocycles. The van der Waals surface area contributed by atoms with Gasteiger partial charge in [0.25, 0.3) is 5.91 Å². The van der Waals surface area contributed by atoms with Crippen molar-refractivity contribution in [2.45, 2.75) is 6.54 Å². The fraction of sp³-hybridized carbons (Fsp3) is 0.111. The summed E-state index contributed by atoms with van der Waals surface area (Å²) in [5, 5.41) is 4.56. The van der Waals surface area contributed by atoms with E-state index in [4.69, 9.17) is 10.6 Å². The topological polar surface area (TPSA) is 82.2 Å². The van der Waals surface area contributed by atoms with Crippen LogP contribution in [0.2, 0.25) is 0 Å². The summed E-state index contributed by atoms with van der Waals surface area (Å²) in [4.78, 5) is 12.1. The standard InChI is InChI=1S/C18H18N4O2/c1-24-15-9-7-14(8-10-15)16-11-17(18(23)20-19)22(21-16)12-13-5-3-2-4-6-13/h2-11H,12,19H2,1H3,(H,20,23). The summed E-state index contributed by atoms with van der Waals surface area (Å²) in [5.74, 6) is 5.68. The molecule has 3 aromatic rings. The molecule has 0 bridgehead atoms. The van der Waals surface area contributed by atoms with Gasteiger partial charge in [-0.05, 0) is 35.9 Å². The second-order valence-corrected chi connectivity index (χ2v) is 5.26. The van der Waals surface area contributed by atoms with E-state index in [-0.39, 0.29) is 5.91 Å². The number of hydrazine groups is 1. The van der Waals surface area contributed by atoms with Gasteiger partial charge in [0.2, 0.25) is 0 Å². The number of nitrogen functional groups attached to an aromatic ring is 1. The van der Waals surface area contributed by atoms with Gasteiger partial charge in [0.1, 0.15) is 11.4 Å². The van der Waals surface area contributed by atoms with E-state index in [1.54, 1.807) is 17.9 Å². The van der Waals surface area contributed by atoms with Gasteiger partial charge in [-0.25, -0.2) is 5.84 Å². The third kappa shape index (κ3) is 3.28. The number of nitrogens with one attached hydrogen (secondary N) is 1. The molecule has 6 nitrogen and oxygen atoms in total. The number of rotatable bonds is 5. The summed E-state index contributed by atoms with van der Waals surface area (Å²) >= 11 is 0. The van der Waals surface area contributed by atoms with Gasteiger partial charge in [-0.1, -0.05) is 30.3 Å². The van der Waals surface area contributed by atoms with Crippen molar-refractivity contribution >= 4 is 5.91 Å². The normalized spacial score (nSPS) is 10.4. The average Bonchev–Trinajstić information content (AvgIpc) is 3.05. The number of carbonyl (C=O) groups excluding carboxylic acids is 1. The number of ether oxygens (including phenoxy) is 1. The number of carbonyl (C=O) groups is 1. The van der Waals surface area contributed by atoms with Gasteiger partial charge in [0, 0.05) is 5.56 Å². The number of hydrogen-bond donors (Lipinski definition) is 2. The zero-order valence-corrected chi connectivity index (χ0v) is 13.3. The third-order valence-electron chi connectivity index (χ3n) is 3.70. The van der Waals surface area contributed by atoms with Gasteiger partial charge in [-0.15, -0.1) is 0 Å². The Kier molecular flexibility index (Phi) is 4.58. The predicted octanol–water partition coefficient (Wildman–Crippen LogP) is 2.21. The van der Waals surface area contributed by atoms with Gasteiger partial charge in [-0.2, -0.15) is 5.10 Å². The number of amides is 1. The van der Waals surface area contributed by atoms with Crippen LogP contribution in [-0.2, 0) is 6.54 Å². The molecule has 3 rings (SSSR count). The van der Waals surface area contributed by atoms with Gasteiger partial charge < -0.3 is 4.74 Å². The minimum absolute atomic E-state index is 0.377. The van der Waals surface area contributed by atoms with Crippen LogP contribution in [-0.4, -0.2) is 22.8 Å². The molecule has 3 N–H and O–H groups in total. The van der Waals surface area contributed by atoms with Crippen LogP contribution in [0.5, 0.6) is 5.75 Å². The van der Waals surface area contributed by atoms with Crippen LogP contribution in [0.25, 0.3) is 11.3 Å². The van der Waals surface area contributed by atoms with Crippen LogP contribution in [0.1, 0.15) is 16.1 Å². The molecule has 24 heavy (non-hydrogen) atoms. The summed E-state index contributed by atoms with van der Waals surface area (Å²) in [6, 6.07) is 19.1. The minimum Gasteiger partial charge on any atom is -0.497 e. The largest absolute Gasteiger partial charge is 0.497 e. The number of methoxy groups -OCH3 is 1. The zero-order valence-electron chi connectivity index (χ0n) is 13.3. The predicted molar refractivity (Wildman–Crippen MR) is 91.4 cm³/mol. The van der Waals surface area contributed by atoms with Crippen molar-refractivity contribution in [2.75, 3.05) is 7.11 Å². The first-order valence-electron chi connectivity index (χ1n) is 7.48. The van der Waals surface area contributed by atoms with Crippen LogP contribution < -0.4 is 16.0 Å². The molecule has 122 valence electrons. The molecule has 0 aliphatic heterocycles. The third-order valence-corrected chi connectivity index (χ3v) is 3.70. The van der Waals surface area contributed by atoms with E-state index in [0.717, 1.165) is 16.9 Å². The average molecular weight is 322 g/mol. The lowest BCUT2D eigenvalue weighted by molar-refractivity contribution is 0.0943. The number of hydrogen-bond acceptors (Lipinski definition) is 4. The Labute approximate surface area is 139 Å². The summed E-state index contributed by atoms with van der Waals surface area (Å²) in [5.41, 5.74) is 5.23. The monoisotopic (exact) mass is 322 g/mol. The SMILES string of the molecule is COc1ccc(-c2cc(C(=O)NN)n(Cc3ccccc3)n2)cc1. The maximum Gasteiger partial charge on any atom is 0.283 e. The van der Waals surface area contributed by atoms with E-state index in [1.807, 2.05) is 54.6 Å². The fourth-order valence-corrected chi connectivity index (χ4v) is 2.45. The lowest BCUT2D eigenvalue weighted by atomic mass is 10.1. The molecule has 1 heterocycles. The molecule has 0 radical (unpaired) electrons. The van der Waals surface area contributed by atoms with Crippen LogP contribution >= 0.6 is 0 Å². The van der Waals surface area contributed by atoms with E-state index in [2.05, 4.69) is 10.5 Å². The smallest absolute Gasteiger partial charge is 0.283 e. The molecule has 0 fully saturated rings. The fourth-order valence-electron chi connectivity index (χ4n) is 2.45. The van der Waals surface area contributed by atoms with Crippen LogP contribution in [0.4, 0.5) is 0 Å². The van der Waals surface area contributed by atoms with E-state index < -0.39 is 0 Å². The Morgan fingerprint density at radius 2 is 1.88 bits per heavy atom. The number of aromatic nitrogens is 2. The van der Waals surface area contributed by atoms with E-state index >= 15 is 0 Å². The Bertz CT molecular complexity index is 826. The zero-order chi connectivity index (χ0) is 16.9. The molecule has 0 aliphatic rings. The molecule has 0 saturated heterocycles. The van der Waals surface area contributed by atoms with Crippen molar-refractivity contribution < 1.29 is 9.53 Å². The van der Waals surface area contributed by atoms with Crippen LogP contribution in [0.15, 0.2) is 60.7 Å². The molecule has 0 unspecified atom stereocenters. The second kappa shape index (κ2) is 6.97. The minimum atomic E-state index is -0.377. The molecule has 0 spiro atoms. The molecular formula is C18H18N4O2. The van der Waals surface area contributed by atoms with E-state index in [9.17, 15) is 4.79 Å². The first-order chi connectivity index (χ1) is 11.7. The molecule has 0 saturated carbocycles. The maximum atomic E-state index is 12.1. The Hall–Kier alpha value is -3.12. The summed E-state index contributed by atoms with van der Waals surface area (Å²) in [6.45, 7) is 0.486. The van der Waals surface area contributed by atoms with Crippen molar-refractivity contribution in [3.05, 3.63) is 71.9 Å².